The number of aromatic nitrogens is 1. The minimum atomic E-state index is -0.416. The fourth-order valence-corrected chi connectivity index (χ4v) is 3.27. The summed E-state index contributed by atoms with van der Waals surface area (Å²) >= 11 is 1.67. The topological polar surface area (TPSA) is 54.4 Å². The number of aliphatic hydroxyl groups is 1. The SMILES string of the molecule is Cc1ncsc1CCOCC(O)CNCC1(C)CCC1. The third kappa shape index (κ3) is 4.81. The number of ether oxygens (including phenoxy) is 1. The van der Waals surface area contributed by atoms with Crippen LogP contribution in [0.15, 0.2) is 5.51 Å². The molecule has 2 N–H and O–H groups in total. The third-order valence-electron chi connectivity index (χ3n) is 4.12. The predicted molar refractivity (Wildman–Crippen MR) is 82.2 cm³/mol. The number of aliphatic hydroxyl groups excluding tert-OH is 1. The Morgan fingerprint density at radius 1 is 1.55 bits per heavy atom. The van der Waals surface area contributed by atoms with Gasteiger partial charge in [0.15, 0.2) is 0 Å². The molecule has 0 saturated heterocycles. The van der Waals surface area contributed by atoms with Crippen molar-refractivity contribution in [3.63, 3.8) is 0 Å². The molecule has 0 bridgehead atoms. The van der Waals surface area contributed by atoms with Crippen LogP contribution in [0.1, 0.15) is 36.8 Å². The Hall–Kier alpha value is -0.490. The third-order valence-corrected chi connectivity index (χ3v) is 5.12. The molecule has 0 spiro atoms. The first-order valence-electron chi connectivity index (χ1n) is 7.44. The van der Waals surface area contributed by atoms with Crippen molar-refractivity contribution in [2.75, 3.05) is 26.3 Å². The van der Waals surface area contributed by atoms with Crippen molar-refractivity contribution in [1.82, 2.24) is 10.3 Å². The fourth-order valence-electron chi connectivity index (χ4n) is 2.51. The summed E-state index contributed by atoms with van der Waals surface area (Å²) in [5.41, 5.74) is 3.42. The van der Waals surface area contributed by atoms with Crippen molar-refractivity contribution in [1.29, 1.82) is 0 Å². The van der Waals surface area contributed by atoms with Gasteiger partial charge in [-0.1, -0.05) is 13.3 Å². The number of rotatable bonds is 9. The van der Waals surface area contributed by atoms with E-state index in [1.807, 2.05) is 12.4 Å². The molecule has 1 saturated carbocycles. The van der Waals surface area contributed by atoms with Crippen LogP contribution in [0.2, 0.25) is 0 Å². The van der Waals surface area contributed by atoms with Crippen LogP contribution in [-0.4, -0.2) is 42.5 Å². The van der Waals surface area contributed by atoms with Gasteiger partial charge in [-0.15, -0.1) is 11.3 Å². The monoisotopic (exact) mass is 298 g/mol. The number of aryl methyl sites for hydroxylation is 1. The molecule has 1 aliphatic carbocycles. The molecule has 1 atom stereocenters. The first-order chi connectivity index (χ1) is 9.59. The molecule has 1 unspecified atom stereocenters. The molecule has 5 heteroatoms. The Bertz CT molecular complexity index is 404. The molecule has 4 nitrogen and oxygen atoms in total. The molecule has 114 valence electrons. The van der Waals surface area contributed by atoms with E-state index < -0.39 is 6.10 Å². The largest absolute Gasteiger partial charge is 0.389 e. The number of hydrogen-bond donors (Lipinski definition) is 2. The van der Waals surface area contributed by atoms with Crippen molar-refractivity contribution in [3.8, 4) is 0 Å². The maximum atomic E-state index is 9.85. The molecule has 0 aromatic carbocycles. The van der Waals surface area contributed by atoms with Gasteiger partial charge in [0.05, 0.1) is 30.5 Å². The Balaban J connectivity index is 1.49. The average Bonchev–Trinajstić information content (AvgIpc) is 2.78. The lowest BCUT2D eigenvalue weighted by atomic mass is 9.70. The lowest BCUT2D eigenvalue weighted by Crippen LogP contribution is -2.41. The first kappa shape index (κ1) is 15.9. The highest BCUT2D eigenvalue weighted by Gasteiger charge is 2.31. The molecular formula is C15H26N2O2S. The molecule has 0 radical (unpaired) electrons. The van der Waals surface area contributed by atoms with E-state index >= 15 is 0 Å². The van der Waals surface area contributed by atoms with Gasteiger partial charge in [-0.2, -0.15) is 0 Å². The molecule has 20 heavy (non-hydrogen) atoms. The van der Waals surface area contributed by atoms with E-state index in [1.165, 1.54) is 24.1 Å². The van der Waals surface area contributed by atoms with Crippen molar-refractivity contribution in [3.05, 3.63) is 16.1 Å². The van der Waals surface area contributed by atoms with E-state index in [2.05, 4.69) is 17.2 Å². The van der Waals surface area contributed by atoms with E-state index in [1.54, 1.807) is 11.3 Å². The summed E-state index contributed by atoms with van der Waals surface area (Å²) in [6.07, 6.45) is 4.43. The molecule has 1 aliphatic rings. The lowest BCUT2D eigenvalue weighted by Gasteiger charge is -2.38. The Labute approximate surface area is 125 Å². The molecule has 2 rings (SSSR count). The minimum Gasteiger partial charge on any atom is -0.389 e. The number of nitrogens with zero attached hydrogens (tertiary/aromatic N) is 1. The van der Waals surface area contributed by atoms with Crippen molar-refractivity contribution < 1.29 is 9.84 Å². The van der Waals surface area contributed by atoms with Gasteiger partial charge in [0.25, 0.3) is 0 Å². The Morgan fingerprint density at radius 2 is 2.35 bits per heavy atom. The molecule has 1 aromatic rings. The van der Waals surface area contributed by atoms with Gasteiger partial charge in [-0.3, -0.25) is 0 Å². The maximum Gasteiger partial charge on any atom is 0.0897 e. The zero-order valence-corrected chi connectivity index (χ0v) is 13.3. The normalized spacial score (nSPS) is 18.8. The molecule has 1 fully saturated rings. The highest BCUT2D eigenvalue weighted by molar-refractivity contribution is 7.09. The number of thiazole rings is 1. The van der Waals surface area contributed by atoms with Gasteiger partial charge in [-0.05, 0) is 25.2 Å². The predicted octanol–water partition coefficient (Wildman–Crippen LogP) is 2.15. The minimum absolute atomic E-state index is 0.404. The van der Waals surface area contributed by atoms with Crippen LogP contribution in [-0.2, 0) is 11.2 Å². The maximum absolute atomic E-state index is 9.85. The highest BCUT2D eigenvalue weighted by atomic mass is 32.1. The molecule has 0 amide bonds. The van der Waals surface area contributed by atoms with Gasteiger partial charge in [-0.25, -0.2) is 4.98 Å². The summed E-state index contributed by atoms with van der Waals surface area (Å²) in [4.78, 5) is 5.48. The van der Waals surface area contributed by atoms with E-state index in [0.29, 0.717) is 25.2 Å². The molecule has 1 heterocycles. The van der Waals surface area contributed by atoms with E-state index in [4.69, 9.17) is 4.74 Å². The van der Waals surface area contributed by atoms with Crippen LogP contribution in [0.3, 0.4) is 0 Å². The summed E-state index contributed by atoms with van der Waals surface area (Å²) in [6.45, 7) is 7.01. The zero-order valence-electron chi connectivity index (χ0n) is 12.5. The van der Waals surface area contributed by atoms with Crippen LogP contribution in [0.25, 0.3) is 0 Å². The zero-order chi connectivity index (χ0) is 14.4. The molecular weight excluding hydrogens is 272 g/mol. The Morgan fingerprint density at radius 3 is 2.95 bits per heavy atom. The van der Waals surface area contributed by atoms with Gasteiger partial charge < -0.3 is 15.2 Å². The van der Waals surface area contributed by atoms with Gasteiger partial charge in [0, 0.05) is 24.4 Å². The smallest absolute Gasteiger partial charge is 0.0897 e. The van der Waals surface area contributed by atoms with Crippen molar-refractivity contribution in [2.24, 2.45) is 5.41 Å². The summed E-state index contributed by atoms with van der Waals surface area (Å²) < 4.78 is 5.54. The van der Waals surface area contributed by atoms with Crippen LogP contribution >= 0.6 is 11.3 Å². The Kier molecular flexibility index (Phi) is 5.96. The highest BCUT2D eigenvalue weighted by Crippen LogP contribution is 2.39. The van der Waals surface area contributed by atoms with Gasteiger partial charge in [0.1, 0.15) is 0 Å². The summed E-state index contributed by atoms with van der Waals surface area (Å²) in [5, 5.41) is 13.2. The van der Waals surface area contributed by atoms with Crippen LogP contribution in [0.5, 0.6) is 0 Å². The molecule has 1 aromatic heterocycles. The van der Waals surface area contributed by atoms with Crippen molar-refractivity contribution in [2.45, 2.75) is 45.6 Å². The second-order valence-electron chi connectivity index (χ2n) is 6.13. The summed E-state index contributed by atoms with van der Waals surface area (Å²) in [6, 6.07) is 0. The van der Waals surface area contributed by atoms with Crippen LogP contribution in [0, 0.1) is 12.3 Å². The van der Waals surface area contributed by atoms with Crippen molar-refractivity contribution >= 4 is 11.3 Å². The second kappa shape index (κ2) is 7.50. The summed E-state index contributed by atoms with van der Waals surface area (Å²) in [5.74, 6) is 0. The van der Waals surface area contributed by atoms with Crippen LogP contribution < -0.4 is 5.32 Å². The summed E-state index contributed by atoms with van der Waals surface area (Å²) in [7, 11) is 0. The first-order valence-corrected chi connectivity index (χ1v) is 8.32. The average molecular weight is 298 g/mol. The number of hydrogen-bond acceptors (Lipinski definition) is 5. The quantitative estimate of drug-likeness (QED) is 0.686. The van der Waals surface area contributed by atoms with E-state index in [9.17, 15) is 5.11 Å². The van der Waals surface area contributed by atoms with Gasteiger partial charge >= 0.3 is 0 Å². The molecule has 0 aliphatic heterocycles. The van der Waals surface area contributed by atoms with Crippen LogP contribution in [0.4, 0.5) is 0 Å². The van der Waals surface area contributed by atoms with Gasteiger partial charge in [0.2, 0.25) is 0 Å². The van der Waals surface area contributed by atoms with E-state index in [-0.39, 0.29) is 0 Å². The lowest BCUT2D eigenvalue weighted by molar-refractivity contribution is 0.0353. The standard InChI is InChI=1S/C15H26N2O2S/c1-12-14(20-11-17-12)4-7-19-9-13(18)8-16-10-15(2)5-3-6-15/h11,13,16,18H,3-10H2,1-2H3. The second-order valence-corrected chi connectivity index (χ2v) is 7.07. The number of nitrogens with one attached hydrogen (secondary N) is 1. The fraction of sp³-hybridized carbons (Fsp3) is 0.800. The van der Waals surface area contributed by atoms with E-state index in [0.717, 1.165) is 18.7 Å².